The van der Waals surface area contributed by atoms with E-state index in [1.54, 1.807) is 21.3 Å². The van der Waals surface area contributed by atoms with Gasteiger partial charge in [-0.3, -0.25) is 4.99 Å². The monoisotopic (exact) mass is 362 g/mol. The van der Waals surface area contributed by atoms with Crippen molar-refractivity contribution in [3.05, 3.63) is 18.2 Å². The fourth-order valence-corrected chi connectivity index (χ4v) is 3.47. The molecule has 1 unspecified atom stereocenters. The van der Waals surface area contributed by atoms with Crippen molar-refractivity contribution < 1.29 is 9.47 Å². The zero-order chi connectivity index (χ0) is 18.9. The lowest BCUT2D eigenvalue weighted by molar-refractivity contribution is 0.159. The number of benzene rings is 1. The minimum absolute atomic E-state index is 0.659. The van der Waals surface area contributed by atoms with E-state index in [9.17, 15) is 0 Å². The molecule has 0 radical (unpaired) electrons. The number of ether oxygens (including phenoxy) is 2. The molecular formula is C20H34N4O2. The smallest absolute Gasteiger partial charge is 0.195 e. The van der Waals surface area contributed by atoms with Crippen molar-refractivity contribution in [1.82, 2.24) is 10.2 Å². The van der Waals surface area contributed by atoms with Crippen LogP contribution in [0.2, 0.25) is 0 Å². The SMILES string of the molecule is CN=C(NCC1CCCN(CC(C)C)C1)Nc1ccc(OC)c(OC)c1. The van der Waals surface area contributed by atoms with Crippen LogP contribution in [0.25, 0.3) is 0 Å². The van der Waals surface area contributed by atoms with Crippen LogP contribution in [0.15, 0.2) is 23.2 Å². The Morgan fingerprint density at radius 1 is 1.27 bits per heavy atom. The minimum Gasteiger partial charge on any atom is -0.493 e. The summed E-state index contributed by atoms with van der Waals surface area (Å²) < 4.78 is 10.6. The molecule has 1 aromatic carbocycles. The summed E-state index contributed by atoms with van der Waals surface area (Å²) in [6, 6.07) is 5.76. The van der Waals surface area contributed by atoms with Crippen molar-refractivity contribution in [2.45, 2.75) is 26.7 Å². The molecule has 1 aliphatic heterocycles. The third-order valence-electron chi connectivity index (χ3n) is 4.65. The molecule has 6 heteroatoms. The average molecular weight is 363 g/mol. The van der Waals surface area contributed by atoms with Gasteiger partial charge < -0.3 is 25.0 Å². The molecule has 1 heterocycles. The topological polar surface area (TPSA) is 58.1 Å². The maximum absolute atomic E-state index is 5.36. The van der Waals surface area contributed by atoms with Crippen LogP contribution >= 0.6 is 0 Å². The largest absolute Gasteiger partial charge is 0.493 e. The van der Waals surface area contributed by atoms with Crippen LogP contribution < -0.4 is 20.1 Å². The van der Waals surface area contributed by atoms with Gasteiger partial charge in [-0.05, 0) is 43.4 Å². The van der Waals surface area contributed by atoms with E-state index in [2.05, 4.69) is 34.4 Å². The van der Waals surface area contributed by atoms with Gasteiger partial charge >= 0.3 is 0 Å². The van der Waals surface area contributed by atoms with E-state index >= 15 is 0 Å². The van der Waals surface area contributed by atoms with Gasteiger partial charge in [-0.25, -0.2) is 0 Å². The van der Waals surface area contributed by atoms with Crippen LogP contribution in [0.3, 0.4) is 0 Å². The van der Waals surface area contributed by atoms with Crippen molar-refractivity contribution >= 4 is 11.6 Å². The maximum atomic E-state index is 5.36. The lowest BCUT2D eigenvalue weighted by Gasteiger charge is -2.34. The summed E-state index contributed by atoms with van der Waals surface area (Å²) in [4.78, 5) is 6.93. The molecule has 0 aliphatic carbocycles. The van der Waals surface area contributed by atoms with Gasteiger partial charge in [0.25, 0.3) is 0 Å². The standard InChI is InChI=1S/C20H34N4O2/c1-15(2)13-24-10-6-7-16(14-24)12-22-20(21-3)23-17-8-9-18(25-4)19(11-17)26-5/h8-9,11,15-16H,6-7,10,12-14H2,1-5H3,(H2,21,22,23). The molecule has 26 heavy (non-hydrogen) atoms. The first kappa shape index (κ1) is 20.4. The average Bonchev–Trinajstić information content (AvgIpc) is 2.64. The highest BCUT2D eigenvalue weighted by atomic mass is 16.5. The van der Waals surface area contributed by atoms with Gasteiger partial charge in [0.05, 0.1) is 14.2 Å². The van der Waals surface area contributed by atoms with Crippen LogP contribution in [-0.4, -0.2) is 58.3 Å². The second-order valence-corrected chi connectivity index (χ2v) is 7.31. The lowest BCUT2D eigenvalue weighted by Crippen LogP contribution is -2.43. The summed E-state index contributed by atoms with van der Waals surface area (Å²) in [7, 11) is 5.07. The Kier molecular flexibility index (Phi) is 8.04. The van der Waals surface area contributed by atoms with Gasteiger partial charge in [0.2, 0.25) is 0 Å². The van der Waals surface area contributed by atoms with Crippen LogP contribution in [0.4, 0.5) is 5.69 Å². The first-order chi connectivity index (χ1) is 12.5. The molecule has 0 bridgehead atoms. The quantitative estimate of drug-likeness (QED) is 0.577. The first-order valence-corrected chi connectivity index (χ1v) is 9.47. The number of piperidine rings is 1. The third kappa shape index (κ3) is 6.09. The van der Waals surface area contributed by atoms with E-state index in [-0.39, 0.29) is 0 Å². The first-order valence-electron chi connectivity index (χ1n) is 9.47. The number of hydrogen-bond acceptors (Lipinski definition) is 4. The second kappa shape index (κ2) is 10.3. The molecule has 1 atom stereocenters. The van der Waals surface area contributed by atoms with Crippen LogP contribution in [0.1, 0.15) is 26.7 Å². The number of likely N-dealkylation sites (tertiary alicyclic amines) is 1. The van der Waals surface area contributed by atoms with E-state index in [4.69, 9.17) is 9.47 Å². The Bertz CT molecular complexity index is 589. The summed E-state index contributed by atoms with van der Waals surface area (Å²) in [5.74, 6) is 3.57. The summed E-state index contributed by atoms with van der Waals surface area (Å²) in [5, 5.41) is 6.80. The van der Waals surface area contributed by atoms with Crippen molar-refractivity contribution in [3.63, 3.8) is 0 Å². The van der Waals surface area contributed by atoms with E-state index in [0.29, 0.717) is 17.4 Å². The van der Waals surface area contributed by atoms with Crippen molar-refractivity contribution in [3.8, 4) is 11.5 Å². The van der Waals surface area contributed by atoms with Gasteiger partial charge in [-0.15, -0.1) is 0 Å². The third-order valence-corrected chi connectivity index (χ3v) is 4.65. The number of hydrogen-bond donors (Lipinski definition) is 2. The normalized spacial score (nSPS) is 18.7. The van der Waals surface area contributed by atoms with Crippen molar-refractivity contribution in [2.24, 2.45) is 16.8 Å². The molecule has 1 fully saturated rings. The lowest BCUT2D eigenvalue weighted by atomic mass is 9.97. The molecule has 2 N–H and O–H groups in total. The fourth-order valence-electron chi connectivity index (χ4n) is 3.47. The molecule has 0 saturated carbocycles. The molecule has 146 valence electrons. The number of anilines is 1. The Morgan fingerprint density at radius 3 is 2.69 bits per heavy atom. The summed E-state index contributed by atoms with van der Waals surface area (Å²) in [5.41, 5.74) is 0.917. The molecule has 1 saturated heterocycles. The highest BCUT2D eigenvalue weighted by molar-refractivity contribution is 5.93. The van der Waals surface area contributed by atoms with Gasteiger partial charge in [0.15, 0.2) is 17.5 Å². The highest BCUT2D eigenvalue weighted by Gasteiger charge is 2.20. The number of nitrogens with zero attached hydrogens (tertiary/aromatic N) is 2. The number of guanidine groups is 1. The predicted molar refractivity (Wildman–Crippen MR) is 109 cm³/mol. The van der Waals surface area contributed by atoms with Crippen molar-refractivity contribution in [1.29, 1.82) is 0 Å². The molecule has 1 aromatic rings. The molecular weight excluding hydrogens is 328 g/mol. The van der Waals surface area contributed by atoms with Gasteiger partial charge in [0.1, 0.15) is 0 Å². The van der Waals surface area contributed by atoms with Crippen LogP contribution in [0, 0.1) is 11.8 Å². The zero-order valence-corrected chi connectivity index (χ0v) is 16.8. The molecule has 1 aliphatic rings. The number of nitrogens with one attached hydrogen (secondary N) is 2. The summed E-state index contributed by atoms with van der Waals surface area (Å²) in [6.07, 6.45) is 2.55. The van der Waals surface area contributed by atoms with Crippen LogP contribution in [0.5, 0.6) is 11.5 Å². The van der Waals surface area contributed by atoms with Gasteiger partial charge in [-0.2, -0.15) is 0 Å². The number of aliphatic imine (C=N–C) groups is 1. The maximum Gasteiger partial charge on any atom is 0.195 e. The molecule has 6 nitrogen and oxygen atoms in total. The van der Waals surface area contributed by atoms with E-state index < -0.39 is 0 Å². The second-order valence-electron chi connectivity index (χ2n) is 7.31. The minimum atomic E-state index is 0.659. The van der Waals surface area contributed by atoms with Gasteiger partial charge in [-0.1, -0.05) is 13.8 Å². The predicted octanol–water partition coefficient (Wildman–Crippen LogP) is 3.06. The van der Waals surface area contributed by atoms with Crippen LogP contribution in [-0.2, 0) is 0 Å². The summed E-state index contributed by atoms with van der Waals surface area (Å²) >= 11 is 0. The van der Waals surface area contributed by atoms with E-state index in [1.165, 1.54) is 32.5 Å². The Morgan fingerprint density at radius 2 is 2.04 bits per heavy atom. The molecule has 0 aromatic heterocycles. The fraction of sp³-hybridized carbons (Fsp3) is 0.650. The zero-order valence-electron chi connectivity index (χ0n) is 16.8. The Hall–Kier alpha value is -1.95. The van der Waals surface area contributed by atoms with E-state index in [0.717, 1.165) is 24.1 Å². The number of rotatable bonds is 7. The molecule has 2 rings (SSSR count). The Labute approximate surface area is 158 Å². The highest BCUT2D eigenvalue weighted by Crippen LogP contribution is 2.29. The van der Waals surface area contributed by atoms with Crippen molar-refractivity contribution in [2.75, 3.05) is 52.8 Å². The molecule has 0 spiro atoms. The summed E-state index contributed by atoms with van der Waals surface area (Å²) in [6.45, 7) is 9.09. The molecule has 0 amide bonds. The Balaban J connectivity index is 1.88. The van der Waals surface area contributed by atoms with E-state index in [1.807, 2.05) is 18.2 Å². The van der Waals surface area contributed by atoms with Gasteiger partial charge in [0, 0.05) is 38.4 Å². The number of methoxy groups -OCH3 is 2.